The van der Waals surface area contributed by atoms with Gasteiger partial charge in [0, 0.05) is 36.9 Å². The second-order valence-corrected chi connectivity index (χ2v) is 5.71. The van der Waals surface area contributed by atoms with E-state index < -0.39 is 0 Å². The summed E-state index contributed by atoms with van der Waals surface area (Å²) in [5, 5.41) is 7.75. The molecular formula is C15H22N4. The summed E-state index contributed by atoms with van der Waals surface area (Å²) in [6.45, 7) is 6.60. The molecule has 102 valence electrons. The van der Waals surface area contributed by atoms with Crippen molar-refractivity contribution < 1.29 is 0 Å². The fourth-order valence-corrected chi connectivity index (χ4v) is 3.34. The van der Waals surface area contributed by atoms with Crippen LogP contribution in [-0.2, 0) is 0 Å². The zero-order chi connectivity index (χ0) is 13.4. The van der Waals surface area contributed by atoms with Gasteiger partial charge in [-0.25, -0.2) is 0 Å². The van der Waals surface area contributed by atoms with Crippen LogP contribution in [0.25, 0.3) is 0 Å². The monoisotopic (exact) mass is 258 g/mol. The Labute approximate surface area is 114 Å². The van der Waals surface area contributed by atoms with Gasteiger partial charge in [0.25, 0.3) is 0 Å². The van der Waals surface area contributed by atoms with Gasteiger partial charge in [-0.05, 0) is 44.0 Å². The quantitative estimate of drug-likeness (QED) is 0.625. The molecule has 1 aromatic rings. The number of piperazine rings is 1. The summed E-state index contributed by atoms with van der Waals surface area (Å²) in [6, 6.07) is 6.87. The van der Waals surface area contributed by atoms with Crippen molar-refractivity contribution in [2.45, 2.75) is 25.8 Å². The number of fused-ring (bicyclic) bond motifs is 1. The third kappa shape index (κ3) is 2.32. The zero-order valence-corrected chi connectivity index (χ0v) is 11.5. The number of benzene rings is 1. The molecular weight excluding hydrogens is 236 g/mol. The predicted octanol–water partition coefficient (Wildman–Crippen LogP) is 1.56. The number of rotatable bonds is 2. The molecule has 2 aliphatic rings. The maximum atomic E-state index is 7.75. The van der Waals surface area contributed by atoms with Crippen molar-refractivity contribution in [3.05, 3.63) is 29.3 Å². The van der Waals surface area contributed by atoms with E-state index in [1.54, 1.807) is 0 Å². The molecule has 0 spiro atoms. The van der Waals surface area contributed by atoms with E-state index in [0.717, 1.165) is 30.9 Å². The van der Waals surface area contributed by atoms with Gasteiger partial charge in [-0.2, -0.15) is 0 Å². The highest BCUT2D eigenvalue weighted by molar-refractivity contribution is 6.00. The summed E-state index contributed by atoms with van der Waals surface area (Å²) < 4.78 is 0. The SMILES string of the molecule is Cc1ccc(C(=N)N)c(N2CCN3CCCC3C2)c1. The van der Waals surface area contributed by atoms with Crippen LogP contribution in [0, 0.1) is 12.3 Å². The highest BCUT2D eigenvalue weighted by atomic mass is 15.3. The predicted molar refractivity (Wildman–Crippen MR) is 79.0 cm³/mol. The van der Waals surface area contributed by atoms with Gasteiger partial charge in [0.15, 0.2) is 0 Å². The Morgan fingerprint density at radius 3 is 2.95 bits per heavy atom. The van der Waals surface area contributed by atoms with E-state index in [9.17, 15) is 0 Å². The van der Waals surface area contributed by atoms with Crippen LogP contribution < -0.4 is 10.6 Å². The minimum atomic E-state index is 0.170. The molecule has 1 aromatic carbocycles. The number of hydrogen-bond acceptors (Lipinski definition) is 3. The highest BCUT2D eigenvalue weighted by Gasteiger charge is 2.31. The maximum Gasteiger partial charge on any atom is 0.124 e. The normalized spacial score (nSPS) is 23.4. The van der Waals surface area contributed by atoms with Crippen LogP contribution in [0.2, 0.25) is 0 Å². The number of nitrogen functional groups attached to an aromatic ring is 1. The summed E-state index contributed by atoms with van der Waals surface area (Å²) in [4.78, 5) is 5.01. The van der Waals surface area contributed by atoms with Gasteiger partial charge >= 0.3 is 0 Å². The molecule has 1 unspecified atom stereocenters. The number of nitrogens with zero attached hydrogens (tertiary/aromatic N) is 2. The lowest BCUT2D eigenvalue weighted by atomic mass is 10.1. The molecule has 1 atom stereocenters. The third-order valence-electron chi connectivity index (χ3n) is 4.37. The van der Waals surface area contributed by atoms with Gasteiger partial charge in [-0.15, -0.1) is 0 Å². The van der Waals surface area contributed by atoms with E-state index >= 15 is 0 Å². The minimum Gasteiger partial charge on any atom is -0.384 e. The lowest BCUT2D eigenvalue weighted by molar-refractivity contribution is 0.231. The Balaban J connectivity index is 1.89. The van der Waals surface area contributed by atoms with Crippen LogP contribution >= 0.6 is 0 Å². The summed E-state index contributed by atoms with van der Waals surface area (Å²) in [5.74, 6) is 0.170. The average molecular weight is 258 g/mol. The van der Waals surface area contributed by atoms with E-state index in [2.05, 4.69) is 22.8 Å². The first kappa shape index (κ1) is 12.5. The molecule has 3 rings (SSSR count). The average Bonchev–Trinajstić information content (AvgIpc) is 2.85. The fraction of sp³-hybridized carbons (Fsp3) is 0.533. The van der Waals surface area contributed by atoms with Crippen molar-refractivity contribution in [1.82, 2.24) is 4.90 Å². The lowest BCUT2D eigenvalue weighted by Crippen LogP contribution is -2.50. The molecule has 0 saturated carbocycles. The minimum absolute atomic E-state index is 0.170. The van der Waals surface area contributed by atoms with Crippen molar-refractivity contribution in [1.29, 1.82) is 5.41 Å². The number of amidine groups is 1. The number of nitrogens with one attached hydrogen (secondary N) is 1. The first-order valence-electron chi connectivity index (χ1n) is 7.09. The van der Waals surface area contributed by atoms with Crippen LogP contribution in [0.4, 0.5) is 5.69 Å². The van der Waals surface area contributed by atoms with Crippen LogP contribution in [0.5, 0.6) is 0 Å². The van der Waals surface area contributed by atoms with Gasteiger partial charge in [0.1, 0.15) is 5.84 Å². The molecule has 2 heterocycles. The largest absolute Gasteiger partial charge is 0.384 e. The first-order valence-corrected chi connectivity index (χ1v) is 7.09. The van der Waals surface area contributed by atoms with Gasteiger partial charge in [-0.1, -0.05) is 6.07 Å². The van der Waals surface area contributed by atoms with Crippen molar-refractivity contribution in [2.24, 2.45) is 5.73 Å². The molecule has 2 aliphatic heterocycles. The molecule has 4 nitrogen and oxygen atoms in total. The Bertz CT molecular complexity index is 497. The van der Waals surface area contributed by atoms with Crippen molar-refractivity contribution >= 4 is 11.5 Å². The van der Waals surface area contributed by atoms with Gasteiger partial charge in [0.2, 0.25) is 0 Å². The van der Waals surface area contributed by atoms with E-state index in [-0.39, 0.29) is 5.84 Å². The van der Waals surface area contributed by atoms with Gasteiger partial charge in [0.05, 0.1) is 0 Å². The lowest BCUT2D eigenvalue weighted by Gasteiger charge is -2.39. The molecule has 3 N–H and O–H groups in total. The van der Waals surface area contributed by atoms with E-state index in [0.29, 0.717) is 6.04 Å². The molecule has 2 fully saturated rings. The molecule has 4 heteroatoms. The molecule has 0 radical (unpaired) electrons. The fourth-order valence-electron chi connectivity index (χ4n) is 3.34. The molecule has 0 amide bonds. The van der Waals surface area contributed by atoms with Gasteiger partial charge in [-0.3, -0.25) is 10.3 Å². The standard InChI is InChI=1S/C15H22N4/c1-11-4-5-13(15(16)17)14(9-11)19-8-7-18-6-2-3-12(18)10-19/h4-5,9,12H,2-3,6-8,10H2,1H3,(H3,16,17). The van der Waals surface area contributed by atoms with E-state index in [1.165, 1.54) is 24.9 Å². The third-order valence-corrected chi connectivity index (χ3v) is 4.37. The first-order chi connectivity index (χ1) is 9.15. The van der Waals surface area contributed by atoms with E-state index in [1.807, 2.05) is 12.1 Å². The summed E-state index contributed by atoms with van der Waals surface area (Å²) in [7, 11) is 0. The molecule has 0 bridgehead atoms. The van der Waals surface area contributed by atoms with Crippen molar-refractivity contribution in [3.8, 4) is 0 Å². The summed E-state index contributed by atoms with van der Waals surface area (Å²) in [6.07, 6.45) is 2.63. The van der Waals surface area contributed by atoms with E-state index in [4.69, 9.17) is 11.1 Å². The molecule has 2 saturated heterocycles. The zero-order valence-electron chi connectivity index (χ0n) is 11.5. The topological polar surface area (TPSA) is 56.4 Å². The Kier molecular flexibility index (Phi) is 3.19. The van der Waals surface area contributed by atoms with Crippen molar-refractivity contribution in [2.75, 3.05) is 31.1 Å². The van der Waals surface area contributed by atoms with Crippen LogP contribution in [0.3, 0.4) is 0 Å². The molecule has 0 aromatic heterocycles. The number of hydrogen-bond donors (Lipinski definition) is 2. The summed E-state index contributed by atoms with van der Waals surface area (Å²) in [5.41, 5.74) is 8.97. The van der Waals surface area contributed by atoms with Crippen molar-refractivity contribution in [3.63, 3.8) is 0 Å². The number of anilines is 1. The van der Waals surface area contributed by atoms with Crippen LogP contribution in [0.15, 0.2) is 18.2 Å². The Morgan fingerprint density at radius 2 is 2.16 bits per heavy atom. The molecule has 0 aliphatic carbocycles. The number of nitrogens with two attached hydrogens (primary N) is 1. The highest BCUT2D eigenvalue weighted by Crippen LogP contribution is 2.28. The Morgan fingerprint density at radius 1 is 1.32 bits per heavy atom. The smallest absolute Gasteiger partial charge is 0.124 e. The van der Waals surface area contributed by atoms with Crippen LogP contribution in [0.1, 0.15) is 24.0 Å². The maximum absolute atomic E-state index is 7.75. The second-order valence-electron chi connectivity index (χ2n) is 5.71. The summed E-state index contributed by atoms with van der Waals surface area (Å²) >= 11 is 0. The van der Waals surface area contributed by atoms with Crippen LogP contribution in [-0.4, -0.2) is 43.0 Å². The Hall–Kier alpha value is -1.55. The second kappa shape index (κ2) is 4.85. The van der Waals surface area contributed by atoms with Gasteiger partial charge < -0.3 is 10.6 Å². The number of aryl methyl sites for hydroxylation is 1. The molecule has 19 heavy (non-hydrogen) atoms.